The van der Waals surface area contributed by atoms with Gasteiger partial charge >= 0.3 is 0 Å². The molecule has 23 heavy (non-hydrogen) atoms. The van der Waals surface area contributed by atoms with Gasteiger partial charge in [-0.15, -0.1) is 0 Å². The predicted octanol–water partition coefficient (Wildman–Crippen LogP) is -1.08. The maximum atomic E-state index is 11.3. The van der Waals surface area contributed by atoms with Crippen LogP contribution in [0.1, 0.15) is 35.8 Å². The Kier molecular flexibility index (Phi) is 5.40. The third-order valence-corrected chi connectivity index (χ3v) is 4.99. The van der Waals surface area contributed by atoms with Gasteiger partial charge in [0.05, 0.1) is 19.8 Å². The number of rotatable bonds is 3. The van der Waals surface area contributed by atoms with E-state index in [1.54, 1.807) is 0 Å². The molecule has 0 saturated carbocycles. The van der Waals surface area contributed by atoms with Crippen LogP contribution in [0.4, 0.5) is 5.69 Å². The van der Waals surface area contributed by atoms with Crippen LogP contribution >= 0.6 is 0 Å². The Hall–Kier alpha value is -1.09. The van der Waals surface area contributed by atoms with Crippen molar-refractivity contribution in [3.63, 3.8) is 0 Å². The summed E-state index contributed by atoms with van der Waals surface area (Å²) >= 11 is 0. The topological polar surface area (TPSA) is 55.0 Å². The number of anilines is 1. The smallest absolute Gasteiger partial charge is 0.253 e. The highest BCUT2D eigenvalue weighted by atomic mass is 127. The number of imidazole rings is 1. The van der Waals surface area contributed by atoms with Gasteiger partial charge in [0.2, 0.25) is 10.0 Å². The van der Waals surface area contributed by atoms with Crippen LogP contribution in [-0.2, 0) is 23.6 Å². The van der Waals surface area contributed by atoms with Crippen molar-refractivity contribution >= 4 is 15.7 Å². The number of nitrogens with one attached hydrogen (secondary N) is 1. The fourth-order valence-corrected chi connectivity index (χ4v) is 3.81. The number of hydrogen-bond acceptors (Lipinski definition) is 2. The summed E-state index contributed by atoms with van der Waals surface area (Å²) in [4.78, 5) is 0. The molecule has 0 aliphatic carbocycles. The highest BCUT2D eigenvalue weighted by molar-refractivity contribution is 7.92. The number of nitrogens with zero attached hydrogens (tertiary/aromatic N) is 2. The first-order chi connectivity index (χ1) is 10.3. The molecule has 126 valence electrons. The van der Waals surface area contributed by atoms with Crippen LogP contribution in [0.25, 0.3) is 0 Å². The number of halogens is 1. The van der Waals surface area contributed by atoms with Crippen molar-refractivity contribution in [2.24, 2.45) is 7.05 Å². The number of fused-ring (bicyclic) bond motifs is 1. The summed E-state index contributed by atoms with van der Waals surface area (Å²) in [6.45, 7) is 3.22. The minimum Gasteiger partial charge on any atom is -1.00 e. The lowest BCUT2D eigenvalue weighted by Gasteiger charge is -2.21. The van der Waals surface area contributed by atoms with Crippen LogP contribution in [0.5, 0.6) is 0 Å². The molecule has 1 aliphatic heterocycles. The van der Waals surface area contributed by atoms with Crippen LogP contribution in [-0.4, -0.2) is 19.2 Å². The first-order valence-corrected chi connectivity index (χ1v) is 9.38. The van der Waals surface area contributed by atoms with E-state index in [9.17, 15) is 8.42 Å². The standard InChI is InChI=1S/C16H22N3O2S.HI/c1-12-18(2)11-16-15(5-4-10-19(12)16)13-6-8-14(9-7-13)17-22(3,20)21;/h6-9,11,15,17H,4-5,10H2,1-3H3;1H/q+1;/p-1. The Morgan fingerprint density at radius 2 is 1.91 bits per heavy atom. The highest BCUT2D eigenvalue weighted by Gasteiger charge is 2.30. The van der Waals surface area contributed by atoms with Gasteiger partial charge in [-0.1, -0.05) is 12.1 Å². The van der Waals surface area contributed by atoms with Crippen molar-refractivity contribution in [1.29, 1.82) is 0 Å². The van der Waals surface area contributed by atoms with E-state index < -0.39 is 10.0 Å². The molecule has 2 aromatic rings. The van der Waals surface area contributed by atoms with Crippen LogP contribution in [0.2, 0.25) is 0 Å². The molecule has 2 heterocycles. The molecule has 0 radical (unpaired) electrons. The van der Waals surface area contributed by atoms with Gasteiger partial charge in [0.25, 0.3) is 5.82 Å². The lowest BCUT2D eigenvalue weighted by Crippen LogP contribution is -3.00. The van der Waals surface area contributed by atoms with E-state index in [0.717, 1.165) is 25.6 Å². The van der Waals surface area contributed by atoms with Gasteiger partial charge in [-0.25, -0.2) is 17.6 Å². The first-order valence-electron chi connectivity index (χ1n) is 7.48. The van der Waals surface area contributed by atoms with Crippen LogP contribution < -0.4 is 33.3 Å². The molecule has 1 aromatic carbocycles. The zero-order chi connectivity index (χ0) is 15.9. The van der Waals surface area contributed by atoms with Gasteiger partial charge in [-0.3, -0.25) is 4.72 Å². The van der Waals surface area contributed by atoms with E-state index in [1.165, 1.54) is 17.1 Å². The SMILES string of the molecule is Cc1n2c(c[n+]1C)C(c1ccc(NS(C)(=O)=O)cc1)CCC2.[I-]. The number of sulfonamides is 1. The minimum absolute atomic E-state index is 0. The van der Waals surface area contributed by atoms with Crippen molar-refractivity contribution in [3.8, 4) is 0 Å². The quantitative estimate of drug-likeness (QED) is 0.481. The third kappa shape index (κ3) is 3.88. The Labute approximate surface area is 154 Å². The van der Waals surface area contributed by atoms with E-state index in [4.69, 9.17) is 0 Å². The van der Waals surface area contributed by atoms with Crippen molar-refractivity contribution in [3.05, 3.63) is 47.5 Å². The molecule has 0 amide bonds. The van der Waals surface area contributed by atoms with E-state index in [2.05, 4.69) is 34.0 Å². The number of aromatic nitrogens is 2. The molecule has 0 bridgehead atoms. The third-order valence-electron chi connectivity index (χ3n) is 4.39. The van der Waals surface area contributed by atoms with E-state index in [1.807, 2.05) is 24.3 Å². The number of aryl methyl sites for hydroxylation is 1. The maximum absolute atomic E-state index is 11.3. The molecule has 1 aliphatic rings. The first kappa shape index (κ1) is 18.3. The Bertz CT molecular complexity index is 797. The average Bonchev–Trinajstić information content (AvgIpc) is 2.74. The molecule has 0 saturated heterocycles. The van der Waals surface area contributed by atoms with Crippen molar-refractivity contribution in [1.82, 2.24) is 4.57 Å². The van der Waals surface area contributed by atoms with E-state index in [-0.39, 0.29) is 24.0 Å². The van der Waals surface area contributed by atoms with Crippen molar-refractivity contribution < 1.29 is 37.0 Å². The minimum atomic E-state index is -3.22. The van der Waals surface area contributed by atoms with Crippen LogP contribution in [0, 0.1) is 6.92 Å². The molecule has 0 fully saturated rings. The summed E-state index contributed by atoms with van der Waals surface area (Å²) in [5.41, 5.74) is 3.19. The molecule has 1 atom stereocenters. The molecule has 7 heteroatoms. The summed E-state index contributed by atoms with van der Waals surface area (Å²) in [6, 6.07) is 7.72. The van der Waals surface area contributed by atoms with Crippen molar-refractivity contribution in [2.75, 3.05) is 11.0 Å². The number of hydrogen-bond donors (Lipinski definition) is 1. The van der Waals surface area contributed by atoms with Gasteiger partial charge in [0, 0.05) is 18.5 Å². The Balaban J connectivity index is 0.00000192. The largest absolute Gasteiger partial charge is 1.00 e. The monoisotopic (exact) mass is 447 g/mol. The zero-order valence-electron chi connectivity index (χ0n) is 13.6. The molecule has 5 nitrogen and oxygen atoms in total. The molecule has 3 rings (SSSR count). The molecular weight excluding hydrogens is 425 g/mol. The molecule has 1 unspecified atom stereocenters. The summed E-state index contributed by atoms with van der Waals surface area (Å²) < 4.78 is 29.6. The molecule has 1 N–H and O–H groups in total. The lowest BCUT2D eigenvalue weighted by atomic mass is 9.89. The lowest BCUT2D eigenvalue weighted by molar-refractivity contribution is -0.677. The molecule has 0 spiro atoms. The fourth-order valence-electron chi connectivity index (χ4n) is 3.24. The second-order valence-electron chi connectivity index (χ2n) is 6.05. The summed E-state index contributed by atoms with van der Waals surface area (Å²) in [5.74, 6) is 1.65. The van der Waals surface area contributed by atoms with Gasteiger partial charge in [0.15, 0.2) is 0 Å². The molecular formula is C16H22IN3O2S. The summed E-state index contributed by atoms with van der Waals surface area (Å²) in [7, 11) is -1.14. The highest BCUT2D eigenvalue weighted by Crippen LogP contribution is 2.34. The van der Waals surface area contributed by atoms with E-state index in [0.29, 0.717) is 11.6 Å². The fraction of sp³-hybridized carbons (Fsp3) is 0.438. The second kappa shape index (κ2) is 6.80. The number of benzene rings is 1. The van der Waals surface area contributed by atoms with Gasteiger partial charge in [-0.05, 0) is 30.5 Å². The second-order valence-corrected chi connectivity index (χ2v) is 7.80. The van der Waals surface area contributed by atoms with Gasteiger partial charge < -0.3 is 24.0 Å². The molecule has 1 aromatic heterocycles. The van der Waals surface area contributed by atoms with Gasteiger partial charge in [0.1, 0.15) is 11.9 Å². The van der Waals surface area contributed by atoms with Crippen molar-refractivity contribution in [2.45, 2.75) is 32.2 Å². The maximum Gasteiger partial charge on any atom is 0.253 e. The summed E-state index contributed by atoms with van der Waals surface area (Å²) in [6.07, 6.45) is 5.67. The van der Waals surface area contributed by atoms with E-state index >= 15 is 0 Å². The normalized spacial score (nSPS) is 17.3. The predicted molar refractivity (Wildman–Crippen MR) is 86.3 cm³/mol. The van der Waals surface area contributed by atoms with Crippen LogP contribution in [0.15, 0.2) is 30.5 Å². The average molecular weight is 447 g/mol. The summed E-state index contributed by atoms with van der Waals surface area (Å²) in [5, 5.41) is 0. The Morgan fingerprint density at radius 3 is 2.52 bits per heavy atom. The van der Waals surface area contributed by atoms with Crippen LogP contribution in [0.3, 0.4) is 0 Å². The Morgan fingerprint density at radius 1 is 1.26 bits per heavy atom. The van der Waals surface area contributed by atoms with Gasteiger partial charge in [-0.2, -0.15) is 0 Å². The zero-order valence-corrected chi connectivity index (χ0v) is 16.6.